The topological polar surface area (TPSA) is 31.4 Å². The van der Waals surface area contributed by atoms with Crippen molar-refractivity contribution in [2.24, 2.45) is 5.41 Å². The molecule has 0 radical (unpaired) electrons. The van der Waals surface area contributed by atoms with Crippen LogP contribution in [0.25, 0.3) is 0 Å². The van der Waals surface area contributed by atoms with E-state index in [2.05, 4.69) is 61.6 Å². The number of hydrogen-bond donors (Lipinski definition) is 0. The molecule has 0 unspecified atom stereocenters. The Morgan fingerprint density at radius 1 is 0.976 bits per heavy atom. The van der Waals surface area contributed by atoms with Crippen molar-refractivity contribution in [3.63, 3.8) is 0 Å². The zero-order valence-corrected chi connectivity index (χ0v) is 30.1. The summed E-state index contributed by atoms with van der Waals surface area (Å²) in [6.07, 6.45) is 5.19. The smallest absolute Gasteiger partial charge is 0.192 e. The van der Waals surface area contributed by atoms with Crippen LogP contribution in [-0.4, -0.2) is 21.4 Å². The van der Waals surface area contributed by atoms with Crippen molar-refractivity contribution >= 4 is 21.6 Å². The molecule has 5 rings (SSSR count). The summed E-state index contributed by atoms with van der Waals surface area (Å²) in [6.45, 7) is 26.5. The molecule has 1 aromatic carbocycles. The zero-order valence-electron chi connectivity index (χ0n) is 28.1. The Balaban J connectivity index is 1.79. The maximum Gasteiger partial charge on any atom is 0.192 e. The third-order valence-corrected chi connectivity index (χ3v) is 16.9. The summed E-state index contributed by atoms with van der Waals surface area (Å²) in [4.78, 5) is 5.43. The molecule has 1 fully saturated rings. The van der Waals surface area contributed by atoms with Crippen LogP contribution >= 0.6 is 0 Å². The van der Waals surface area contributed by atoms with Gasteiger partial charge in [-0.3, -0.25) is 4.98 Å². The Morgan fingerprint density at radius 3 is 2.05 bits per heavy atom. The molecule has 0 bridgehead atoms. The lowest BCUT2D eigenvalue weighted by Crippen LogP contribution is -2.44. The highest BCUT2D eigenvalue weighted by atomic mass is 28.4. The third-order valence-electron chi connectivity index (χ3n) is 10.5. The zero-order chi connectivity index (χ0) is 31.2. The van der Waals surface area contributed by atoms with Gasteiger partial charge in [0.25, 0.3) is 0 Å². The molecule has 2 atom stereocenters. The van der Waals surface area contributed by atoms with Crippen LogP contribution in [0.3, 0.4) is 0 Å². The molecule has 1 saturated carbocycles. The van der Waals surface area contributed by atoms with E-state index in [4.69, 9.17) is 14.1 Å². The molecule has 0 amide bonds. The molecule has 42 heavy (non-hydrogen) atoms. The Labute approximate surface area is 255 Å². The minimum absolute atomic E-state index is 0.0517. The van der Waals surface area contributed by atoms with Crippen molar-refractivity contribution < 1.29 is 17.9 Å². The van der Waals surface area contributed by atoms with Crippen LogP contribution in [0, 0.1) is 17.0 Å². The Kier molecular flexibility index (Phi) is 7.86. The van der Waals surface area contributed by atoms with Crippen molar-refractivity contribution in [1.82, 2.24) is 4.98 Å². The highest BCUT2D eigenvalue weighted by Crippen LogP contribution is 2.60. The Morgan fingerprint density at radius 2 is 1.55 bits per heavy atom. The van der Waals surface area contributed by atoms with Crippen LogP contribution in [0.15, 0.2) is 12.1 Å². The third kappa shape index (κ3) is 5.39. The summed E-state index contributed by atoms with van der Waals surface area (Å²) in [5.74, 6) is -0.744. The fraction of sp³-hybridized carbons (Fsp3) is 0.686. The molecule has 1 aliphatic heterocycles. The van der Waals surface area contributed by atoms with Gasteiger partial charge in [-0.05, 0) is 78.4 Å². The number of rotatable bonds is 5. The summed E-state index contributed by atoms with van der Waals surface area (Å²) in [5.41, 5.74) is 5.81. The van der Waals surface area contributed by atoms with Gasteiger partial charge < -0.3 is 9.16 Å². The molecule has 7 heteroatoms. The van der Waals surface area contributed by atoms with Crippen molar-refractivity contribution in [3.05, 3.63) is 57.4 Å². The second-order valence-corrected chi connectivity index (χ2v) is 26.8. The maximum atomic E-state index is 15.7. The molecule has 1 aromatic heterocycles. The van der Waals surface area contributed by atoms with Gasteiger partial charge in [-0.15, -0.1) is 0 Å². The average Bonchev–Trinajstić information content (AvgIpc) is 3.40. The number of ether oxygens (including phenoxy) is 1. The van der Waals surface area contributed by atoms with Crippen LogP contribution in [-0.2, 0) is 21.2 Å². The minimum atomic E-state index is -2.21. The first-order valence-electron chi connectivity index (χ1n) is 16.1. The van der Waals surface area contributed by atoms with Crippen LogP contribution < -0.4 is 5.19 Å². The normalized spacial score (nSPS) is 23.5. The summed E-state index contributed by atoms with van der Waals surface area (Å²) in [7, 11) is -4.34. The molecule has 232 valence electrons. The molecule has 2 aliphatic carbocycles. The molecule has 2 aromatic rings. The van der Waals surface area contributed by atoms with Gasteiger partial charge in [-0.2, -0.15) is 0 Å². The van der Waals surface area contributed by atoms with E-state index in [0.717, 1.165) is 55.5 Å². The van der Waals surface area contributed by atoms with E-state index >= 15 is 8.78 Å². The lowest BCUT2D eigenvalue weighted by atomic mass is 9.70. The standard InChI is InChI=1S/C35H53F2NO2Si2/c1-21(2)30-28-29(27-25(38-30)19-34(6,7)20-26(27)40-42(11,12)33(3,4)5)35(15-13-14-16-35)39-31(28)22-17-23(36)32(24(37)18-22)41(8,9)10/h17-18,21,26,31H,13-16,19-20H2,1-12H3/t26-,31+/m0/s1. The van der Waals surface area contributed by atoms with Crippen LogP contribution in [0.4, 0.5) is 8.78 Å². The second-order valence-electron chi connectivity index (χ2n) is 17.0. The van der Waals surface area contributed by atoms with E-state index in [9.17, 15) is 0 Å². The highest BCUT2D eigenvalue weighted by molar-refractivity contribution is 6.88. The fourth-order valence-corrected chi connectivity index (χ4v) is 10.3. The number of benzene rings is 1. The summed E-state index contributed by atoms with van der Waals surface area (Å²) in [5, 5.41) is 0.332. The van der Waals surface area contributed by atoms with E-state index < -0.39 is 39.7 Å². The molecular formula is C35H53F2NO2Si2. The summed E-state index contributed by atoms with van der Waals surface area (Å²) >= 11 is 0. The summed E-state index contributed by atoms with van der Waals surface area (Å²) < 4.78 is 45.8. The van der Waals surface area contributed by atoms with E-state index in [1.54, 1.807) is 12.1 Å². The van der Waals surface area contributed by atoms with Crippen molar-refractivity contribution in [3.8, 4) is 0 Å². The molecule has 2 heterocycles. The SMILES string of the molecule is CC(C)c1nc2c(c3c1[C@@H](c1cc(F)c([Si](C)(C)C)c(F)c1)OC31CCCC1)[C@@H](O[Si](C)(C)C(C)(C)C)CC(C)(C)C2. The van der Waals surface area contributed by atoms with Gasteiger partial charge in [0.05, 0.1) is 19.8 Å². The highest BCUT2D eigenvalue weighted by Gasteiger charge is 2.54. The van der Waals surface area contributed by atoms with E-state index in [1.807, 2.05) is 19.6 Å². The number of fused-ring (bicyclic) bond motifs is 4. The minimum Gasteiger partial charge on any atom is -0.410 e. The molecule has 1 spiro atoms. The van der Waals surface area contributed by atoms with Crippen molar-refractivity contribution in [2.75, 3.05) is 0 Å². The number of pyridine rings is 1. The number of halogens is 2. The second kappa shape index (κ2) is 10.3. The van der Waals surface area contributed by atoms with Crippen LogP contribution in [0.5, 0.6) is 0 Å². The number of aromatic nitrogens is 1. The first-order valence-corrected chi connectivity index (χ1v) is 22.5. The lowest BCUT2D eigenvalue weighted by molar-refractivity contribution is -0.0580. The predicted molar refractivity (Wildman–Crippen MR) is 174 cm³/mol. The predicted octanol–water partition coefficient (Wildman–Crippen LogP) is 9.95. The van der Waals surface area contributed by atoms with Crippen molar-refractivity contribution in [1.29, 1.82) is 0 Å². The van der Waals surface area contributed by atoms with Gasteiger partial charge >= 0.3 is 0 Å². The van der Waals surface area contributed by atoms with Gasteiger partial charge in [-0.25, -0.2) is 8.78 Å². The van der Waals surface area contributed by atoms with Crippen LogP contribution in [0.1, 0.15) is 132 Å². The quantitative estimate of drug-likeness (QED) is 0.315. The molecule has 3 aliphatic rings. The largest absolute Gasteiger partial charge is 0.410 e. The Bertz CT molecular complexity index is 1360. The molecule has 0 N–H and O–H groups in total. The van der Waals surface area contributed by atoms with Crippen LogP contribution in [0.2, 0.25) is 37.8 Å². The monoisotopic (exact) mass is 613 g/mol. The van der Waals surface area contributed by atoms with E-state index in [-0.39, 0.29) is 27.7 Å². The van der Waals surface area contributed by atoms with Gasteiger partial charge in [0.1, 0.15) is 17.7 Å². The van der Waals surface area contributed by atoms with E-state index in [0.29, 0.717) is 5.56 Å². The maximum absolute atomic E-state index is 15.7. The van der Waals surface area contributed by atoms with Gasteiger partial charge in [0.15, 0.2) is 8.32 Å². The summed E-state index contributed by atoms with van der Waals surface area (Å²) in [6, 6.07) is 3.10. The lowest BCUT2D eigenvalue weighted by Gasteiger charge is -2.45. The number of hydrogen-bond acceptors (Lipinski definition) is 3. The molecule has 0 saturated heterocycles. The Hall–Kier alpha value is -1.42. The molecule has 3 nitrogen and oxygen atoms in total. The first kappa shape index (κ1) is 32.0. The first-order chi connectivity index (χ1) is 19.2. The fourth-order valence-electron chi connectivity index (χ4n) is 7.48. The van der Waals surface area contributed by atoms with E-state index in [1.165, 1.54) is 11.1 Å². The molecular weight excluding hydrogens is 561 g/mol. The van der Waals surface area contributed by atoms with Gasteiger partial charge in [0.2, 0.25) is 0 Å². The average molecular weight is 614 g/mol. The number of nitrogens with zero attached hydrogens (tertiary/aromatic N) is 1. The van der Waals surface area contributed by atoms with Gasteiger partial charge in [0, 0.05) is 27.7 Å². The van der Waals surface area contributed by atoms with Crippen molar-refractivity contribution in [2.45, 2.75) is 148 Å². The van der Waals surface area contributed by atoms with Gasteiger partial charge in [-0.1, -0.05) is 80.9 Å².